The topological polar surface area (TPSA) is 65.4 Å². The number of nitrogens with zero attached hydrogens (tertiary/aromatic N) is 2. The molecular weight excluding hydrogens is 358 g/mol. The van der Waals surface area contributed by atoms with Gasteiger partial charge in [-0.1, -0.05) is 6.07 Å². The number of halogens is 1. The Bertz CT molecular complexity index is 644. The second-order valence-electron chi connectivity index (χ2n) is 5.62. The highest BCUT2D eigenvalue weighted by atomic mass is 79.9. The van der Waals surface area contributed by atoms with Crippen LogP contribution in [0.3, 0.4) is 0 Å². The van der Waals surface area contributed by atoms with Crippen molar-refractivity contribution in [3.05, 3.63) is 33.8 Å². The molecule has 6 heteroatoms. The molecule has 2 rings (SSSR count). The van der Waals surface area contributed by atoms with Crippen LogP contribution in [-0.2, 0) is 9.53 Å². The lowest BCUT2D eigenvalue weighted by molar-refractivity contribution is -0.117. The Labute approximate surface area is 145 Å². The second-order valence-corrected chi connectivity index (χ2v) is 6.47. The molecule has 0 radical (unpaired) electrons. The number of rotatable bonds is 5. The standard InChI is InChI=1S/C17H20BrN3O2/c1-21(2)16-6-5-12(9-15(16)18)8-13(10-19)17(22)20-11-14-4-3-7-23-14/h5-6,8-9,14H,3-4,7,11H2,1-2H3,(H,20,22)/b13-8-/t14-/m0/s1. The Morgan fingerprint density at radius 2 is 2.35 bits per heavy atom. The highest BCUT2D eigenvalue weighted by molar-refractivity contribution is 9.10. The van der Waals surface area contributed by atoms with Crippen molar-refractivity contribution in [3.8, 4) is 6.07 Å². The molecule has 0 bridgehead atoms. The minimum atomic E-state index is -0.365. The van der Waals surface area contributed by atoms with Crippen molar-refractivity contribution in [2.45, 2.75) is 18.9 Å². The van der Waals surface area contributed by atoms with Gasteiger partial charge in [-0.25, -0.2) is 0 Å². The summed E-state index contributed by atoms with van der Waals surface area (Å²) in [6.07, 6.45) is 3.63. The van der Waals surface area contributed by atoms with E-state index in [1.807, 2.05) is 43.3 Å². The van der Waals surface area contributed by atoms with Crippen LogP contribution in [0.4, 0.5) is 5.69 Å². The number of amides is 1. The fourth-order valence-corrected chi connectivity index (χ4v) is 3.15. The molecule has 5 nitrogen and oxygen atoms in total. The van der Waals surface area contributed by atoms with Crippen LogP contribution >= 0.6 is 15.9 Å². The molecule has 0 saturated carbocycles. The SMILES string of the molecule is CN(C)c1ccc(/C=C(/C#N)C(=O)NC[C@@H]2CCCO2)cc1Br. The van der Waals surface area contributed by atoms with Crippen molar-refractivity contribution in [2.75, 3.05) is 32.1 Å². The van der Waals surface area contributed by atoms with Gasteiger partial charge in [-0.3, -0.25) is 4.79 Å². The van der Waals surface area contributed by atoms with Crippen LogP contribution < -0.4 is 10.2 Å². The van der Waals surface area contributed by atoms with E-state index in [1.54, 1.807) is 6.08 Å². The molecule has 23 heavy (non-hydrogen) atoms. The Kier molecular flexibility index (Phi) is 6.20. The first-order chi connectivity index (χ1) is 11.0. The molecule has 1 fully saturated rings. The van der Waals surface area contributed by atoms with Gasteiger partial charge in [0.25, 0.3) is 5.91 Å². The lowest BCUT2D eigenvalue weighted by Gasteiger charge is -2.14. The molecule has 1 aromatic carbocycles. The molecule has 122 valence electrons. The number of anilines is 1. The van der Waals surface area contributed by atoms with E-state index in [0.717, 1.165) is 35.2 Å². The van der Waals surface area contributed by atoms with Crippen molar-refractivity contribution in [1.82, 2.24) is 5.32 Å². The zero-order valence-electron chi connectivity index (χ0n) is 13.3. The number of benzene rings is 1. The van der Waals surface area contributed by atoms with E-state index in [9.17, 15) is 10.1 Å². The monoisotopic (exact) mass is 377 g/mol. The maximum atomic E-state index is 12.1. The number of hydrogen-bond donors (Lipinski definition) is 1. The van der Waals surface area contributed by atoms with Crippen LogP contribution in [0.15, 0.2) is 28.2 Å². The molecule has 0 aromatic heterocycles. The summed E-state index contributed by atoms with van der Waals surface area (Å²) >= 11 is 3.50. The van der Waals surface area contributed by atoms with E-state index in [0.29, 0.717) is 6.54 Å². The molecular formula is C17H20BrN3O2. The van der Waals surface area contributed by atoms with Crippen molar-refractivity contribution in [1.29, 1.82) is 5.26 Å². The van der Waals surface area contributed by atoms with Crippen molar-refractivity contribution < 1.29 is 9.53 Å². The van der Waals surface area contributed by atoms with E-state index >= 15 is 0 Å². The van der Waals surface area contributed by atoms with Gasteiger partial charge in [0.15, 0.2) is 0 Å². The molecule has 0 aliphatic carbocycles. The third-order valence-electron chi connectivity index (χ3n) is 3.64. The number of nitrogens with one attached hydrogen (secondary N) is 1. The van der Waals surface area contributed by atoms with Crippen LogP contribution in [0.2, 0.25) is 0 Å². The second kappa shape index (κ2) is 8.14. The van der Waals surface area contributed by atoms with E-state index in [2.05, 4.69) is 21.2 Å². The molecule has 1 aliphatic heterocycles. The van der Waals surface area contributed by atoms with Gasteiger partial charge in [-0.15, -0.1) is 0 Å². The first-order valence-corrected chi connectivity index (χ1v) is 8.29. The lowest BCUT2D eigenvalue weighted by atomic mass is 10.1. The Balaban J connectivity index is 2.06. The average molecular weight is 378 g/mol. The van der Waals surface area contributed by atoms with Gasteiger partial charge in [0.05, 0.1) is 11.8 Å². The fourth-order valence-electron chi connectivity index (χ4n) is 2.40. The van der Waals surface area contributed by atoms with Crippen molar-refractivity contribution >= 4 is 33.6 Å². The van der Waals surface area contributed by atoms with Gasteiger partial charge in [-0.2, -0.15) is 5.26 Å². The maximum absolute atomic E-state index is 12.1. The number of hydrogen-bond acceptors (Lipinski definition) is 4. The average Bonchev–Trinajstić information content (AvgIpc) is 3.03. The van der Waals surface area contributed by atoms with Gasteiger partial charge in [-0.05, 0) is 52.5 Å². The molecule has 1 aromatic rings. The van der Waals surface area contributed by atoms with Crippen molar-refractivity contribution in [3.63, 3.8) is 0 Å². The summed E-state index contributed by atoms with van der Waals surface area (Å²) in [5.41, 5.74) is 1.92. The molecule has 1 amide bonds. The summed E-state index contributed by atoms with van der Waals surface area (Å²) in [7, 11) is 3.91. The quantitative estimate of drug-likeness (QED) is 0.632. The zero-order chi connectivity index (χ0) is 16.8. The van der Waals surface area contributed by atoms with Gasteiger partial charge in [0, 0.05) is 31.7 Å². The van der Waals surface area contributed by atoms with Gasteiger partial charge >= 0.3 is 0 Å². The Morgan fingerprint density at radius 1 is 1.57 bits per heavy atom. The summed E-state index contributed by atoms with van der Waals surface area (Å²) in [5.74, 6) is -0.365. The predicted molar refractivity (Wildman–Crippen MR) is 94.0 cm³/mol. The van der Waals surface area contributed by atoms with Crippen molar-refractivity contribution in [2.24, 2.45) is 0 Å². The summed E-state index contributed by atoms with van der Waals surface area (Å²) in [4.78, 5) is 14.1. The molecule has 1 atom stereocenters. The highest BCUT2D eigenvalue weighted by Gasteiger charge is 2.17. The summed E-state index contributed by atoms with van der Waals surface area (Å²) in [6, 6.07) is 7.67. The first kappa shape index (κ1) is 17.5. The van der Waals surface area contributed by atoms with Crippen LogP contribution in [0.25, 0.3) is 6.08 Å². The van der Waals surface area contributed by atoms with E-state index in [-0.39, 0.29) is 17.6 Å². The van der Waals surface area contributed by atoms with Gasteiger partial charge in [0.2, 0.25) is 0 Å². The minimum Gasteiger partial charge on any atom is -0.377 e. The van der Waals surface area contributed by atoms with Gasteiger partial charge < -0.3 is 15.0 Å². The van der Waals surface area contributed by atoms with Gasteiger partial charge in [0.1, 0.15) is 11.6 Å². The third-order valence-corrected chi connectivity index (χ3v) is 4.28. The smallest absolute Gasteiger partial charge is 0.262 e. The number of carbonyl (C=O) groups excluding carboxylic acids is 1. The first-order valence-electron chi connectivity index (χ1n) is 7.49. The van der Waals surface area contributed by atoms with E-state index in [4.69, 9.17) is 4.74 Å². The molecule has 1 saturated heterocycles. The molecule has 1 aliphatic rings. The summed E-state index contributed by atoms with van der Waals surface area (Å²) in [6.45, 7) is 1.19. The summed E-state index contributed by atoms with van der Waals surface area (Å²) in [5, 5.41) is 12.0. The molecule has 1 heterocycles. The molecule has 0 unspecified atom stereocenters. The number of ether oxygens (including phenoxy) is 1. The molecule has 1 N–H and O–H groups in total. The summed E-state index contributed by atoms with van der Waals surface area (Å²) < 4.78 is 6.37. The lowest BCUT2D eigenvalue weighted by Crippen LogP contribution is -2.32. The fraction of sp³-hybridized carbons (Fsp3) is 0.412. The molecule has 0 spiro atoms. The van der Waals surface area contributed by atoms with E-state index < -0.39 is 0 Å². The highest BCUT2D eigenvalue weighted by Crippen LogP contribution is 2.26. The largest absolute Gasteiger partial charge is 0.377 e. The minimum absolute atomic E-state index is 0.0624. The predicted octanol–water partition coefficient (Wildman–Crippen LogP) is 2.72. The Hall–Kier alpha value is -1.84. The number of carbonyl (C=O) groups is 1. The van der Waals surface area contributed by atoms with E-state index in [1.165, 1.54) is 0 Å². The third kappa shape index (κ3) is 4.81. The number of nitriles is 1. The normalized spacial score (nSPS) is 17.7. The van der Waals surface area contributed by atoms with Crippen LogP contribution in [0, 0.1) is 11.3 Å². The van der Waals surface area contributed by atoms with Crippen LogP contribution in [-0.4, -0.2) is 39.3 Å². The van der Waals surface area contributed by atoms with Crippen LogP contribution in [0.1, 0.15) is 18.4 Å². The maximum Gasteiger partial charge on any atom is 0.262 e. The zero-order valence-corrected chi connectivity index (χ0v) is 14.9. The van der Waals surface area contributed by atoms with Crippen LogP contribution in [0.5, 0.6) is 0 Å². The Morgan fingerprint density at radius 3 is 2.91 bits per heavy atom.